The highest BCUT2D eigenvalue weighted by atomic mass is 19.1. The van der Waals surface area contributed by atoms with Gasteiger partial charge in [0.2, 0.25) is 5.91 Å². The zero-order valence-electron chi connectivity index (χ0n) is 11.3. The lowest BCUT2D eigenvalue weighted by molar-refractivity contribution is -0.115. The second kappa shape index (κ2) is 6.82. The average molecular weight is 272 g/mol. The molecule has 0 saturated carbocycles. The van der Waals surface area contributed by atoms with Crippen LogP contribution in [-0.2, 0) is 17.8 Å². The zero-order valence-corrected chi connectivity index (χ0v) is 11.3. The molecule has 0 heterocycles. The fourth-order valence-electron chi connectivity index (χ4n) is 2.00. The topological polar surface area (TPSA) is 41.1 Å². The Balaban J connectivity index is 2.07. The minimum absolute atomic E-state index is 0.0283. The van der Waals surface area contributed by atoms with Gasteiger partial charge < -0.3 is 10.6 Å². The van der Waals surface area contributed by atoms with Gasteiger partial charge in [-0.15, -0.1) is 0 Å². The number of hydrogen-bond donors (Lipinski definition) is 2. The predicted octanol–water partition coefficient (Wildman–Crippen LogP) is 2.73. The van der Waals surface area contributed by atoms with Crippen LogP contribution >= 0.6 is 0 Å². The second-order valence-corrected chi connectivity index (χ2v) is 4.50. The van der Waals surface area contributed by atoms with E-state index in [0.717, 1.165) is 11.3 Å². The number of carbonyl (C=O) groups is 1. The SMILES string of the molecule is CNCc1ccccc1NC(=O)Cc1ccccc1F. The van der Waals surface area contributed by atoms with Crippen molar-refractivity contribution in [2.24, 2.45) is 0 Å². The van der Waals surface area contributed by atoms with Crippen LogP contribution in [0.15, 0.2) is 48.5 Å². The Morgan fingerprint density at radius 3 is 2.40 bits per heavy atom. The van der Waals surface area contributed by atoms with Crippen molar-refractivity contribution < 1.29 is 9.18 Å². The van der Waals surface area contributed by atoms with Gasteiger partial charge in [0.05, 0.1) is 6.42 Å². The number of anilines is 1. The minimum atomic E-state index is -0.355. The largest absolute Gasteiger partial charge is 0.325 e. The normalized spacial score (nSPS) is 10.3. The summed E-state index contributed by atoms with van der Waals surface area (Å²) in [5, 5.41) is 5.87. The Labute approximate surface area is 117 Å². The maximum atomic E-state index is 13.5. The molecule has 1 amide bonds. The summed E-state index contributed by atoms with van der Waals surface area (Å²) in [4.78, 5) is 12.0. The van der Waals surface area contributed by atoms with Crippen molar-refractivity contribution in [3.8, 4) is 0 Å². The molecular weight excluding hydrogens is 255 g/mol. The van der Waals surface area contributed by atoms with Gasteiger partial charge in [0.25, 0.3) is 0 Å². The van der Waals surface area contributed by atoms with Crippen LogP contribution in [0.25, 0.3) is 0 Å². The Kier molecular flexibility index (Phi) is 4.85. The third-order valence-corrected chi connectivity index (χ3v) is 2.97. The van der Waals surface area contributed by atoms with Gasteiger partial charge in [-0.1, -0.05) is 36.4 Å². The van der Waals surface area contributed by atoms with Gasteiger partial charge in [-0.2, -0.15) is 0 Å². The lowest BCUT2D eigenvalue weighted by Gasteiger charge is -2.11. The number of para-hydroxylation sites is 1. The minimum Gasteiger partial charge on any atom is -0.325 e. The van der Waals surface area contributed by atoms with Crippen LogP contribution < -0.4 is 10.6 Å². The first-order valence-corrected chi connectivity index (χ1v) is 6.46. The number of nitrogens with one attached hydrogen (secondary N) is 2. The van der Waals surface area contributed by atoms with Gasteiger partial charge in [-0.05, 0) is 30.3 Å². The number of amides is 1. The number of halogens is 1. The fourth-order valence-corrected chi connectivity index (χ4v) is 2.00. The van der Waals surface area contributed by atoms with E-state index in [9.17, 15) is 9.18 Å². The van der Waals surface area contributed by atoms with E-state index in [2.05, 4.69) is 10.6 Å². The van der Waals surface area contributed by atoms with E-state index >= 15 is 0 Å². The van der Waals surface area contributed by atoms with E-state index < -0.39 is 0 Å². The maximum absolute atomic E-state index is 13.5. The smallest absolute Gasteiger partial charge is 0.228 e. The maximum Gasteiger partial charge on any atom is 0.228 e. The summed E-state index contributed by atoms with van der Waals surface area (Å²) in [6.45, 7) is 0.663. The molecule has 2 N–H and O–H groups in total. The molecule has 2 aromatic rings. The van der Waals surface area contributed by atoms with E-state index in [1.54, 1.807) is 18.2 Å². The Morgan fingerprint density at radius 1 is 1.05 bits per heavy atom. The molecule has 0 aromatic heterocycles. The molecule has 0 bridgehead atoms. The first-order valence-electron chi connectivity index (χ1n) is 6.46. The van der Waals surface area contributed by atoms with Crippen molar-refractivity contribution >= 4 is 11.6 Å². The number of carbonyl (C=O) groups excluding carboxylic acids is 1. The molecule has 0 aliphatic heterocycles. The monoisotopic (exact) mass is 272 g/mol. The summed E-state index contributed by atoms with van der Waals surface area (Å²) in [6, 6.07) is 13.9. The van der Waals surface area contributed by atoms with E-state index in [-0.39, 0.29) is 18.1 Å². The number of benzene rings is 2. The van der Waals surface area contributed by atoms with E-state index in [0.29, 0.717) is 12.1 Å². The summed E-state index contributed by atoms with van der Waals surface area (Å²) < 4.78 is 13.5. The first kappa shape index (κ1) is 14.2. The van der Waals surface area contributed by atoms with Crippen molar-refractivity contribution in [1.29, 1.82) is 0 Å². The van der Waals surface area contributed by atoms with Crippen LogP contribution in [0.3, 0.4) is 0 Å². The lowest BCUT2D eigenvalue weighted by Crippen LogP contribution is -2.17. The molecule has 2 rings (SSSR count). The fraction of sp³-hybridized carbons (Fsp3) is 0.188. The summed E-state index contributed by atoms with van der Waals surface area (Å²) in [7, 11) is 1.85. The summed E-state index contributed by atoms with van der Waals surface area (Å²) >= 11 is 0. The van der Waals surface area contributed by atoms with E-state index in [4.69, 9.17) is 0 Å². The molecule has 0 aliphatic carbocycles. The van der Waals surface area contributed by atoms with Crippen molar-refractivity contribution in [2.75, 3.05) is 12.4 Å². The van der Waals surface area contributed by atoms with Gasteiger partial charge in [-0.25, -0.2) is 4.39 Å². The molecule has 104 valence electrons. The summed E-state index contributed by atoms with van der Waals surface area (Å²) in [6.07, 6.45) is 0.0283. The van der Waals surface area contributed by atoms with E-state index in [1.807, 2.05) is 31.3 Å². The third kappa shape index (κ3) is 3.65. The Morgan fingerprint density at radius 2 is 1.70 bits per heavy atom. The molecule has 3 nitrogen and oxygen atoms in total. The Hall–Kier alpha value is -2.20. The second-order valence-electron chi connectivity index (χ2n) is 4.50. The highest BCUT2D eigenvalue weighted by Gasteiger charge is 2.09. The van der Waals surface area contributed by atoms with Crippen LogP contribution in [0, 0.1) is 5.82 Å². The van der Waals surface area contributed by atoms with Gasteiger partial charge in [0.15, 0.2) is 0 Å². The molecule has 0 unspecified atom stereocenters. The predicted molar refractivity (Wildman–Crippen MR) is 77.9 cm³/mol. The summed E-state index contributed by atoms with van der Waals surface area (Å²) in [5.74, 6) is -0.579. The van der Waals surface area contributed by atoms with Crippen molar-refractivity contribution in [2.45, 2.75) is 13.0 Å². The van der Waals surface area contributed by atoms with Crippen LogP contribution in [0.4, 0.5) is 10.1 Å². The number of hydrogen-bond acceptors (Lipinski definition) is 2. The molecule has 0 saturated heterocycles. The quantitative estimate of drug-likeness (QED) is 0.878. The first-order chi connectivity index (χ1) is 9.70. The summed E-state index contributed by atoms with van der Waals surface area (Å²) in [5.41, 5.74) is 2.15. The molecule has 20 heavy (non-hydrogen) atoms. The molecular formula is C16H17FN2O. The molecule has 0 spiro atoms. The highest BCUT2D eigenvalue weighted by molar-refractivity contribution is 5.93. The molecule has 4 heteroatoms. The molecule has 0 aliphatic rings. The van der Waals surface area contributed by atoms with Crippen LogP contribution in [0.5, 0.6) is 0 Å². The van der Waals surface area contributed by atoms with Gasteiger partial charge >= 0.3 is 0 Å². The van der Waals surface area contributed by atoms with Crippen molar-refractivity contribution in [1.82, 2.24) is 5.32 Å². The molecule has 0 radical (unpaired) electrons. The van der Waals surface area contributed by atoms with Gasteiger partial charge in [-0.3, -0.25) is 4.79 Å². The molecule has 2 aromatic carbocycles. The van der Waals surface area contributed by atoms with E-state index in [1.165, 1.54) is 6.07 Å². The van der Waals surface area contributed by atoms with Crippen molar-refractivity contribution in [3.63, 3.8) is 0 Å². The molecule has 0 atom stereocenters. The average Bonchev–Trinajstić information content (AvgIpc) is 2.44. The Bertz CT molecular complexity index is 599. The number of rotatable bonds is 5. The zero-order chi connectivity index (χ0) is 14.4. The third-order valence-electron chi connectivity index (χ3n) is 2.97. The van der Waals surface area contributed by atoms with Crippen LogP contribution in [-0.4, -0.2) is 13.0 Å². The highest BCUT2D eigenvalue weighted by Crippen LogP contribution is 2.15. The van der Waals surface area contributed by atoms with Crippen molar-refractivity contribution in [3.05, 3.63) is 65.5 Å². The van der Waals surface area contributed by atoms with Gasteiger partial charge in [0.1, 0.15) is 5.82 Å². The van der Waals surface area contributed by atoms with Crippen LogP contribution in [0.2, 0.25) is 0 Å². The van der Waals surface area contributed by atoms with Crippen LogP contribution in [0.1, 0.15) is 11.1 Å². The lowest BCUT2D eigenvalue weighted by atomic mass is 10.1. The van der Waals surface area contributed by atoms with Gasteiger partial charge in [0, 0.05) is 12.2 Å². The standard InChI is InChI=1S/C16H17FN2O/c1-18-11-13-7-3-5-9-15(13)19-16(20)10-12-6-2-4-8-14(12)17/h2-9,18H,10-11H2,1H3,(H,19,20). The molecule has 0 fully saturated rings.